The van der Waals surface area contributed by atoms with Gasteiger partial charge in [-0.05, 0) is 34.9 Å². The second kappa shape index (κ2) is 7.48. The maximum absolute atomic E-state index is 11.3. The molecule has 0 bridgehead atoms. The maximum Gasteiger partial charge on any atom is 0.219 e. The van der Waals surface area contributed by atoms with Crippen molar-refractivity contribution in [3.05, 3.63) is 54.6 Å². The fourth-order valence-corrected chi connectivity index (χ4v) is 2.24. The molecular weight excluding hydrogens is 262 g/mol. The van der Waals surface area contributed by atoms with Crippen LogP contribution in [-0.2, 0) is 11.2 Å². The smallest absolute Gasteiger partial charge is 0.219 e. The Kier molecular flexibility index (Phi) is 5.38. The molecule has 110 valence electrons. The summed E-state index contributed by atoms with van der Waals surface area (Å²) in [6, 6.07) is 12.3. The van der Waals surface area contributed by atoms with Gasteiger partial charge in [0.15, 0.2) is 0 Å². The van der Waals surface area contributed by atoms with Gasteiger partial charge in [0.05, 0.1) is 0 Å². The number of ether oxygens (including phenoxy) is 1. The highest BCUT2D eigenvalue weighted by Gasteiger charge is 2.04. The lowest BCUT2D eigenvalue weighted by Gasteiger charge is -2.10. The van der Waals surface area contributed by atoms with E-state index in [9.17, 15) is 4.79 Å². The van der Waals surface area contributed by atoms with Crippen molar-refractivity contribution in [1.82, 2.24) is 5.32 Å². The van der Waals surface area contributed by atoms with Crippen LogP contribution < -0.4 is 10.1 Å². The molecule has 0 saturated carbocycles. The van der Waals surface area contributed by atoms with Crippen molar-refractivity contribution in [1.29, 1.82) is 0 Å². The van der Waals surface area contributed by atoms with Crippen LogP contribution in [0.25, 0.3) is 10.8 Å². The van der Waals surface area contributed by atoms with Crippen LogP contribution in [-0.4, -0.2) is 19.1 Å². The summed E-state index contributed by atoms with van der Waals surface area (Å²) in [7, 11) is 0. The molecule has 0 unspecified atom stereocenters. The Hall–Kier alpha value is -2.29. The molecule has 0 fully saturated rings. The van der Waals surface area contributed by atoms with Crippen molar-refractivity contribution in [3.63, 3.8) is 0 Å². The average Bonchev–Trinajstić information content (AvgIpc) is 2.52. The average molecular weight is 283 g/mol. The largest absolute Gasteiger partial charge is 0.490 e. The van der Waals surface area contributed by atoms with Crippen molar-refractivity contribution >= 4 is 16.7 Å². The zero-order valence-electron chi connectivity index (χ0n) is 12.4. The van der Waals surface area contributed by atoms with E-state index < -0.39 is 0 Å². The first-order valence-corrected chi connectivity index (χ1v) is 7.26. The Morgan fingerprint density at radius 2 is 2.19 bits per heavy atom. The van der Waals surface area contributed by atoms with Crippen molar-refractivity contribution in [2.75, 3.05) is 13.2 Å². The van der Waals surface area contributed by atoms with Crippen LogP contribution in [0.2, 0.25) is 0 Å². The Morgan fingerprint density at radius 1 is 1.33 bits per heavy atom. The number of benzene rings is 2. The molecule has 3 heteroatoms. The number of hydrogen-bond acceptors (Lipinski definition) is 2. The Labute approximate surface area is 125 Å². The van der Waals surface area contributed by atoms with Gasteiger partial charge < -0.3 is 10.1 Å². The quantitative estimate of drug-likeness (QED) is 0.790. The Balaban J connectivity index is 2.17. The second-order valence-corrected chi connectivity index (χ2v) is 4.85. The molecule has 21 heavy (non-hydrogen) atoms. The first kappa shape index (κ1) is 15.1. The summed E-state index contributed by atoms with van der Waals surface area (Å²) in [5.41, 5.74) is 1.22. The number of rotatable bonds is 7. The van der Waals surface area contributed by atoms with Gasteiger partial charge in [0.2, 0.25) is 5.91 Å². The monoisotopic (exact) mass is 283 g/mol. The lowest BCUT2D eigenvalue weighted by molar-refractivity contribution is -0.120. The second-order valence-electron chi connectivity index (χ2n) is 4.85. The summed E-state index contributed by atoms with van der Waals surface area (Å²) in [5.74, 6) is 0.928. The van der Waals surface area contributed by atoms with E-state index in [-0.39, 0.29) is 5.91 Å². The van der Waals surface area contributed by atoms with E-state index in [4.69, 9.17) is 4.74 Å². The molecule has 2 aromatic carbocycles. The molecule has 0 aliphatic rings. The summed E-state index contributed by atoms with van der Waals surface area (Å²) < 4.78 is 5.59. The van der Waals surface area contributed by atoms with Crippen molar-refractivity contribution in [2.24, 2.45) is 0 Å². The van der Waals surface area contributed by atoms with Crippen LogP contribution >= 0.6 is 0 Å². The van der Waals surface area contributed by atoms with Crippen LogP contribution in [0.5, 0.6) is 5.75 Å². The molecule has 0 radical (unpaired) electrons. The molecule has 3 nitrogen and oxygen atoms in total. The van der Waals surface area contributed by atoms with Gasteiger partial charge in [-0.2, -0.15) is 0 Å². The highest BCUT2D eigenvalue weighted by molar-refractivity contribution is 5.87. The molecule has 0 spiro atoms. The number of amides is 1. The topological polar surface area (TPSA) is 38.3 Å². The molecule has 0 aliphatic carbocycles. The lowest BCUT2D eigenvalue weighted by Crippen LogP contribution is -2.24. The van der Waals surface area contributed by atoms with E-state index in [1.165, 1.54) is 16.3 Å². The van der Waals surface area contributed by atoms with Crippen LogP contribution in [0.3, 0.4) is 0 Å². The third-order valence-corrected chi connectivity index (χ3v) is 3.35. The van der Waals surface area contributed by atoms with Crippen LogP contribution in [0, 0.1) is 0 Å². The molecule has 0 atom stereocenters. The fraction of sp³-hybridized carbons (Fsp3) is 0.278. The zero-order chi connectivity index (χ0) is 15.1. The van der Waals surface area contributed by atoms with Gasteiger partial charge in [-0.1, -0.05) is 43.8 Å². The summed E-state index contributed by atoms with van der Waals surface area (Å²) >= 11 is 0. The molecule has 0 aliphatic heterocycles. The lowest BCUT2D eigenvalue weighted by atomic mass is 10.0. The molecule has 0 saturated heterocycles. The van der Waals surface area contributed by atoms with Crippen molar-refractivity contribution in [3.8, 4) is 5.75 Å². The SMILES string of the molecule is C=CCOc1ccc2cccc(CCNC(=O)CC)c2c1. The third-order valence-electron chi connectivity index (χ3n) is 3.35. The standard InChI is InChI=1S/C18H21NO2/c1-3-12-21-16-9-8-14-6-5-7-15(17(14)13-16)10-11-19-18(20)4-2/h3,5-9,13H,1,4,10-12H2,2H3,(H,19,20). The van der Waals surface area contributed by atoms with Crippen molar-refractivity contribution in [2.45, 2.75) is 19.8 Å². The highest BCUT2D eigenvalue weighted by Crippen LogP contribution is 2.24. The zero-order valence-corrected chi connectivity index (χ0v) is 12.4. The molecule has 1 N–H and O–H groups in total. The minimum Gasteiger partial charge on any atom is -0.490 e. The number of carbonyl (C=O) groups excluding carboxylic acids is 1. The van der Waals surface area contributed by atoms with E-state index in [0.717, 1.165) is 12.2 Å². The Bertz CT molecular complexity index is 634. The molecule has 0 aromatic heterocycles. The third kappa shape index (κ3) is 4.09. The van der Waals surface area contributed by atoms with E-state index in [1.807, 2.05) is 19.1 Å². The molecular formula is C18H21NO2. The van der Waals surface area contributed by atoms with Gasteiger partial charge >= 0.3 is 0 Å². The summed E-state index contributed by atoms with van der Waals surface area (Å²) in [6.07, 6.45) is 3.07. The van der Waals surface area contributed by atoms with Crippen LogP contribution in [0.1, 0.15) is 18.9 Å². The van der Waals surface area contributed by atoms with Crippen LogP contribution in [0.4, 0.5) is 0 Å². The molecule has 2 aromatic rings. The van der Waals surface area contributed by atoms with E-state index in [0.29, 0.717) is 19.6 Å². The minimum absolute atomic E-state index is 0.0882. The van der Waals surface area contributed by atoms with Gasteiger partial charge in [-0.15, -0.1) is 0 Å². The Morgan fingerprint density at radius 3 is 2.95 bits per heavy atom. The number of fused-ring (bicyclic) bond motifs is 1. The van der Waals surface area contributed by atoms with Gasteiger partial charge in [0, 0.05) is 13.0 Å². The number of hydrogen-bond donors (Lipinski definition) is 1. The highest BCUT2D eigenvalue weighted by atomic mass is 16.5. The normalized spacial score (nSPS) is 10.3. The summed E-state index contributed by atoms with van der Waals surface area (Å²) in [4.78, 5) is 11.3. The first-order valence-electron chi connectivity index (χ1n) is 7.26. The van der Waals surface area contributed by atoms with Crippen LogP contribution in [0.15, 0.2) is 49.1 Å². The number of carbonyl (C=O) groups is 1. The van der Waals surface area contributed by atoms with E-state index in [1.54, 1.807) is 6.08 Å². The predicted molar refractivity (Wildman–Crippen MR) is 86.6 cm³/mol. The van der Waals surface area contributed by atoms with Gasteiger partial charge in [0.1, 0.15) is 12.4 Å². The summed E-state index contributed by atoms with van der Waals surface area (Å²) in [6.45, 7) is 6.67. The summed E-state index contributed by atoms with van der Waals surface area (Å²) in [5, 5.41) is 5.26. The number of nitrogens with one attached hydrogen (secondary N) is 1. The van der Waals surface area contributed by atoms with E-state index >= 15 is 0 Å². The van der Waals surface area contributed by atoms with Crippen molar-refractivity contribution < 1.29 is 9.53 Å². The minimum atomic E-state index is 0.0882. The fourth-order valence-electron chi connectivity index (χ4n) is 2.24. The molecule has 1 amide bonds. The molecule has 0 heterocycles. The van der Waals surface area contributed by atoms with E-state index in [2.05, 4.69) is 36.2 Å². The maximum atomic E-state index is 11.3. The van der Waals surface area contributed by atoms with Gasteiger partial charge in [-0.3, -0.25) is 4.79 Å². The van der Waals surface area contributed by atoms with Gasteiger partial charge in [-0.25, -0.2) is 0 Å². The predicted octanol–water partition coefficient (Wildman–Crippen LogP) is 3.47. The first-order chi connectivity index (χ1) is 10.2. The van der Waals surface area contributed by atoms with Gasteiger partial charge in [0.25, 0.3) is 0 Å². The molecule has 2 rings (SSSR count).